The number of carbonyl (C=O) groups excluding carboxylic acids is 1. The van der Waals surface area contributed by atoms with Gasteiger partial charge in [-0.2, -0.15) is 0 Å². The fraction of sp³-hybridized carbons (Fsp3) is 0.467. The first-order valence-electron chi connectivity index (χ1n) is 7.22. The minimum Gasteiger partial charge on any atom is -0.494 e. The molecule has 0 aliphatic heterocycles. The molecule has 0 atom stereocenters. The second kappa shape index (κ2) is 5.89. The second-order valence-electron chi connectivity index (χ2n) is 5.40. The van der Waals surface area contributed by atoms with Gasteiger partial charge in [0, 0.05) is 17.7 Å². The molecule has 112 valence electrons. The van der Waals surface area contributed by atoms with Crippen molar-refractivity contribution in [3.63, 3.8) is 0 Å². The molecule has 1 amide bonds. The van der Waals surface area contributed by atoms with Crippen LogP contribution in [0.1, 0.15) is 32.1 Å². The fourth-order valence-corrected chi connectivity index (χ4v) is 3.64. The molecule has 1 aromatic heterocycles. The van der Waals surface area contributed by atoms with Crippen molar-refractivity contribution in [2.75, 3.05) is 18.2 Å². The predicted octanol–water partition coefficient (Wildman–Crippen LogP) is 3.41. The molecule has 0 spiro atoms. The quantitative estimate of drug-likeness (QED) is 0.911. The average molecular weight is 305 g/mol. The van der Waals surface area contributed by atoms with Crippen LogP contribution in [0.3, 0.4) is 0 Å². The molecule has 3 N–H and O–H groups in total. The highest BCUT2D eigenvalue weighted by atomic mass is 32.1. The predicted molar refractivity (Wildman–Crippen MR) is 85.8 cm³/mol. The maximum Gasteiger partial charge on any atom is 0.227 e. The summed E-state index contributed by atoms with van der Waals surface area (Å²) in [5, 5.41) is 3.51. The SMILES string of the molecule is COc1cc(NC(=O)C2CCCCC2)cc2sc(N)nc12. The number of thiazole rings is 1. The Morgan fingerprint density at radius 3 is 2.86 bits per heavy atom. The third-order valence-corrected chi connectivity index (χ3v) is 4.77. The van der Waals surface area contributed by atoms with E-state index >= 15 is 0 Å². The van der Waals surface area contributed by atoms with Crippen LogP contribution in [0, 0.1) is 5.92 Å². The number of fused-ring (bicyclic) bond motifs is 1. The van der Waals surface area contributed by atoms with E-state index in [-0.39, 0.29) is 11.8 Å². The minimum absolute atomic E-state index is 0.105. The van der Waals surface area contributed by atoms with Gasteiger partial charge >= 0.3 is 0 Å². The number of ether oxygens (including phenoxy) is 1. The molecule has 0 unspecified atom stereocenters. The summed E-state index contributed by atoms with van der Waals surface area (Å²) in [5.41, 5.74) is 7.24. The van der Waals surface area contributed by atoms with E-state index in [1.807, 2.05) is 12.1 Å². The highest BCUT2D eigenvalue weighted by Gasteiger charge is 2.21. The van der Waals surface area contributed by atoms with Gasteiger partial charge in [0.1, 0.15) is 11.3 Å². The number of hydrogen-bond acceptors (Lipinski definition) is 5. The van der Waals surface area contributed by atoms with Gasteiger partial charge in [-0.3, -0.25) is 4.79 Å². The number of nitrogens with two attached hydrogens (primary N) is 1. The molecule has 21 heavy (non-hydrogen) atoms. The molecule has 1 fully saturated rings. The van der Waals surface area contributed by atoms with Gasteiger partial charge in [-0.1, -0.05) is 30.6 Å². The monoisotopic (exact) mass is 305 g/mol. The second-order valence-corrected chi connectivity index (χ2v) is 6.46. The first kappa shape index (κ1) is 14.1. The third kappa shape index (κ3) is 2.95. The molecule has 0 radical (unpaired) electrons. The van der Waals surface area contributed by atoms with Crippen LogP contribution < -0.4 is 15.8 Å². The van der Waals surface area contributed by atoms with Gasteiger partial charge in [-0.05, 0) is 18.9 Å². The van der Waals surface area contributed by atoms with Crippen molar-refractivity contribution in [3.8, 4) is 5.75 Å². The van der Waals surface area contributed by atoms with Gasteiger partial charge in [0.25, 0.3) is 0 Å². The summed E-state index contributed by atoms with van der Waals surface area (Å²) in [6.45, 7) is 0. The first-order chi connectivity index (χ1) is 10.2. The van der Waals surface area contributed by atoms with Crippen molar-refractivity contribution in [1.29, 1.82) is 0 Å². The zero-order valence-electron chi connectivity index (χ0n) is 12.0. The number of methoxy groups -OCH3 is 1. The maximum atomic E-state index is 12.3. The van der Waals surface area contributed by atoms with E-state index < -0.39 is 0 Å². The molecule has 1 heterocycles. The summed E-state index contributed by atoms with van der Waals surface area (Å²) in [7, 11) is 1.59. The topological polar surface area (TPSA) is 77.2 Å². The van der Waals surface area contributed by atoms with E-state index in [9.17, 15) is 4.79 Å². The molecule has 1 aliphatic carbocycles. The molecule has 3 rings (SSSR count). The van der Waals surface area contributed by atoms with Gasteiger partial charge < -0.3 is 15.8 Å². The summed E-state index contributed by atoms with van der Waals surface area (Å²) in [5.74, 6) is 0.875. The van der Waals surface area contributed by atoms with E-state index in [2.05, 4.69) is 10.3 Å². The Morgan fingerprint density at radius 1 is 1.38 bits per heavy atom. The molecule has 2 aromatic rings. The number of nitrogens with one attached hydrogen (secondary N) is 1. The van der Waals surface area contributed by atoms with Crippen LogP contribution in [0.15, 0.2) is 12.1 Å². The third-order valence-electron chi connectivity index (χ3n) is 3.94. The van der Waals surface area contributed by atoms with E-state index in [0.717, 1.165) is 41.6 Å². The van der Waals surface area contributed by atoms with Gasteiger partial charge in [-0.25, -0.2) is 4.98 Å². The van der Waals surface area contributed by atoms with E-state index in [1.54, 1.807) is 7.11 Å². The molecule has 5 nitrogen and oxygen atoms in total. The van der Waals surface area contributed by atoms with Crippen LogP contribution in [0.5, 0.6) is 5.75 Å². The lowest BCUT2D eigenvalue weighted by Gasteiger charge is -2.20. The number of nitrogen functional groups attached to an aromatic ring is 1. The maximum absolute atomic E-state index is 12.3. The van der Waals surface area contributed by atoms with Gasteiger partial charge in [-0.15, -0.1) is 0 Å². The zero-order chi connectivity index (χ0) is 14.8. The Morgan fingerprint density at radius 2 is 2.14 bits per heavy atom. The number of carbonyl (C=O) groups is 1. The number of rotatable bonds is 3. The highest BCUT2D eigenvalue weighted by Crippen LogP contribution is 2.35. The number of anilines is 2. The van der Waals surface area contributed by atoms with Crippen LogP contribution >= 0.6 is 11.3 Å². The molecular formula is C15H19N3O2S. The highest BCUT2D eigenvalue weighted by molar-refractivity contribution is 7.22. The minimum atomic E-state index is 0.105. The van der Waals surface area contributed by atoms with Crippen LogP contribution in [0.4, 0.5) is 10.8 Å². The van der Waals surface area contributed by atoms with E-state index in [1.165, 1.54) is 17.8 Å². The van der Waals surface area contributed by atoms with Crippen LogP contribution in [-0.2, 0) is 4.79 Å². The van der Waals surface area contributed by atoms with Crippen LogP contribution in [0.25, 0.3) is 10.2 Å². The van der Waals surface area contributed by atoms with Gasteiger partial charge in [0.05, 0.1) is 11.8 Å². The summed E-state index contributed by atoms with van der Waals surface area (Å²) in [6.07, 6.45) is 5.50. The Labute approximate surface area is 127 Å². The summed E-state index contributed by atoms with van der Waals surface area (Å²) >= 11 is 1.39. The Kier molecular flexibility index (Phi) is 3.96. The summed E-state index contributed by atoms with van der Waals surface area (Å²) in [4.78, 5) is 16.6. The van der Waals surface area contributed by atoms with E-state index in [0.29, 0.717) is 10.9 Å². The molecule has 0 saturated heterocycles. The van der Waals surface area contributed by atoms with Crippen LogP contribution in [-0.4, -0.2) is 18.0 Å². The summed E-state index contributed by atoms with van der Waals surface area (Å²) < 4.78 is 6.27. The fourth-order valence-electron chi connectivity index (χ4n) is 2.85. The first-order valence-corrected chi connectivity index (χ1v) is 8.04. The van der Waals surface area contributed by atoms with Crippen molar-refractivity contribution >= 4 is 38.3 Å². The zero-order valence-corrected chi connectivity index (χ0v) is 12.8. The number of hydrogen-bond donors (Lipinski definition) is 2. The summed E-state index contributed by atoms with van der Waals surface area (Å²) in [6, 6.07) is 3.72. The van der Waals surface area contributed by atoms with Crippen molar-refractivity contribution < 1.29 is 9.53 Å². The Bertz CT molecular complexity index is 662. The molecule has 6 heteroatoms. The lowest BCUT2D eigenvalue weighted by Crippen LogP contribution is -2.24. The van der Waals surface area contributed by atoms with E-state index in [4.69, 9.17) is 10.5 Å². The van der Waals surface area contributed by atoms with Crippen LogP contribution in [0.2, 0.25) is 0 Å². The largest absolute Gasteiger partial charge is 0.494 e. The molecule has 1 aromatic carbocycles. The lowest BCUT2D eigenvalue weighted by atomic mass is 9.88. The molecular weight excluding hydrogens is 286 g/mol. The smallest absolute Gasteiger partial charge is 0.227 e. The molecule has 0 bridgehead atoms. The standard InChI is InChI=1S/C15H19N3O2S/c1-20-11-7-10(8-12-13(11)18-15(16)21-12)17-14(19)9-5-3-2-4-6-9/h7-9H,2-6H2,1H3,(H2,16,18)(H,17,19). The normalized spacial score (nSPS) is 16.0. The average Bonchev–Trinajstić information content (AvgIpc) is 2.87. The number of aromatic nitrogens is 1. The number of amides is 1. The van der Waals surface area contributed by atoms with Crippen molar-refractivity contribution in [3.05, 3.63) is 12.1 Å². The van der Waals surface area contributed by atoms with Crippen molar-refractivity contribution in [2.24, 2.45) is 5.92 Å². The number of benzene rings is 1. The Hall–Kier alpha value is -1.82. The Balaban J connectivity index is 1.84. The lowest BCUT2D eigenvalue weighted by molar-refractivity contribution is -0.120. The number of nitrogens with zero attached hydrogens (tertiary/aromatic N) is 1. The van der Waals surface area contributed by atoms with Crippen molar-refractivity contribution in [2.45, 2.75) is 32.1 Å². The van der Waals surface area contributed by atoms with Gasteiger partial charge in [0.2, 0.25) is 5.91 Å². The van der Waals surface area contributed by atoms with Gasteiger partial charge in [0.15, 0.2) is 5.13 Å². The van der Waals surface area contributed by atoms with Crippen molar-refractivity contribution in [1.82, 2.24) is 4.98 Å². The molecule has 1 aliphatic rings. The molecule has 1 saturated carbocycles.